The second-order valence-corrected chi connectivity index (χ2v) is 4.99. The first-order valence-electron chi connectivity index (χ1n) is 3.67. The van der Waals surface area contributed by atoms with Crippen LogP contribution in [0.2, 0.25) is 0 Å². The molecule has 2 nitrogen and oxygen atoms in total. The van der Waals surface area contributed by atoms with Crippen molar-refractivity contribution in [3.05, 3.63) is 0 Å². The van der Waals surface area contributed by atoms with Gasteiger partial charge in [-0.25, -0.2) is 0 Å². The van der Waals surface area contributed by atoms with Crippen molar-refractivity contribution in [1.29, 1.82) is 0 Å². The van der Waals surface area contributed by atoms with Gasteiger partial charge in [0.05, 0.1) is 10.7 Å². The molecular formula is C6H12N2S2. The molecule has 2 rings (SSSR count). The van der Waals surface area contributed by atoms with Gasteiger partial charge in [0.25, 0.3) is 0 Å². The van der Waals surface area contributed by atoms with Crippen LogP contribution in [0.3, 0.4) is 0 Å². The van der Waals surface area contributed by atoms with Crippen molar-refractivity contribution < 1.29 is 0 Å². The maximum Gasteiger partial charge on any atom is 0.0783 e. The average molecular weight is 176 g/mol. The van der Waals surface area contributed by atoms with E-state index in [0.29, 0.717) is 10.7 Å². The second kappa shape index (κ2) is 3.34. The van der Waals surface area contributed by atoms with E-state index in [1.807, 2.05) is 0 Å². The number of rotatable bonds is 0. The zero-order chi connectivity index (χ0) is 6.81. The lowest BCUT2D eigenvalue weighted by Crippen LogP contribution is -2.52. The van der Waals surface area contributed by atoms with Crippen molar-refractivity contribution in [2.75, 3.05) is 24.6 Å². The van der Waals surface area contributed by atoms with Gasteiger partial charge in [-0.3, -0.25) is 0 Å². The van der Waals surface area contributed by atoms with Gasteiger partial charge < -0.3 is 10.6 Å². The lowest BCUT2D eigenvalue weighted by atomic mass is 10.5. The summed E-state index contributed by atoms with van der Waals surface area (Å²) in [7, 11) is 0. The average Bonchev–Trinajstić information content (AvgIpc) is 2.05. The monoisotopic (exact) mass is 176 g/mol. The van der Waals surface area contributed by atoms with Crippen molar-refractivity contribution >= 4 is 23.5 Å². The normalized spacial score (nSPS) is 40.8. The maximum atomic E-state index is 3.50. The molecule has 0 amide bonds. The first-order valence-corrected chi connectivity index (χ1v) is 5.76. The van der Waals surface area contributed by atoms with Crippen LogP contribution in [-0.4, -0.2) is 35.3 Å². The summed E-state index contributed by atoms with van der Waals surface area (Å²) in [4.78, 5) is 0. The van der Waals surface area contributed by atoms with Crippen LogP contribution in [0.4, 0.5) is 0 Å². The van der Waals surface area contributed by atoms with E-state index in [1.54, 1.807) is 0 Å². The van der Waals surface area contributed by atoms with Gasteiger partial charge in [-0.15, -0.1) is 23.5 Å². The third-order valence-electron chi connectivity index (χ3n) is 1.76. The molecule has 0 saturated carbocycles. The quantitative estimate of drug-likeness (QED) is 0.555. The van der Waals surface area contributed by atoms with Crippen molar-refractivity contribution in [2.45, 2.75) is 10.7 Å². The minimum absolute atomic E-state index is 0.674. The van der Waals surface area contributed by atoms with Crippen LogP contribution in [0, 0.1) is 0 Å². The molecule has 0 radical (unpaired) electrons. The van der Waals surface area contributed by atoms with E-state index in [-0.39, 0.29) is 0 Å². The Hall–Kier alpha value is 0.620. The Morgan fingerprint density at radius 1 is 0.900 bits per heavy atom. The SMILES string of the molecule is C1CSC2NCCSC2N1. The van der Waals surface area contributed by atoms with Crippen LogP contribution in [0.1, 0.15) is 0 Å². The highest BCUT2D eigenvalue weighted by Crippen LogP contribution is 2.26. The molecule has 10 heavy (non-hydrogen) atoms. The third-order valence-corrected chi connectivity index (χ3v) is 4.41. The minimum Gasteiger partial charge on any atom is -0.303 e. The molecule has 2 fully saturated rings. The van der Waals surface area contributed by atoms with E-state index in [9.17, 15) is 0 Å². The second-order valence-electron chi connectivity index (χ2n) is 2.49. The highest BCUT2D eigenvalue weighted by atomic mass is 32.2. The molecule has 2 atom stereocenters. The molecule has 0 bridgehead atoms. The molecule has 0 aromatic heterocycles. The van der Waals surface area contributed by atoms with Crippen LogP contribution in [-0.2, 0) is 0 Å². The van der Waals surface area contributed by atoms with Gasteiger partial charge in [-0.1, -0.05) is 0 Å². The van der Waals surface area contributed by atoms with Gasteiger partial charge in [-0.05, 0) is 0 Å². The van der Waals surface area contributed by atoms with Gasteiger partial charge >= 0.3 is 0 Å². The number of fused-ring (bicyclic) bond motifs is 1. The molecule has 2 aliphatic heterocycles. The lowest BCUT2D eigenvalue weighted by Gasteiger charge is -2.35. The van der Waals surface area contributed by atoms with Gasteiger partial charge in [0.15, 0.2) is 0 Å². The zero-order valence-corrected chi connectivity index (χ0v) is 7.43. The molecule has 2 heterocycles. The summed E-state index contributed by atoms with van der Waals surface area (Å²) in [6.07, 6.45) is 0. The maximum absolute atomic E-state index is 3.50. The minimum atomic E-state index is 0.674. The van der Waals surface area contributed by atoms with Crippen LogP contribution < -0.4 is 10.6 Å². The van der Waals surface area contributed by atoms with E-state index in [2.05, 4.69) is 34.2 Å². The highest BCUT2D eigenvalue weighted by Gasteiger charge is 2.27. The molecule has 58 valence electrons. The molecule has 4 heteroatoms. The molecular weight excluding hydrogens is 164 g/mol. The fraction of sp³-hybridized carbons (Fsp3) is 1.00. The third kappa shape index (κ3) is 1.44. The van der Waals surface area contributed by atoms with Crippen molar-refractivity contribution in [3.8, 4) is 0 Å². The Morgan fingerprint density at radius 2 is 1.40 bits per heavy atom. The first kappa shape index (κ1) is 7.28. The van der Waals surface area contributed by atoms with Crippen LogP contribution in [0.25, 0.3) is 0 Å². The summed E-state index contributed by atoms with van der Waals surface area (Å²) in [5.41, 5.74) is 0. The van der Waals surface area contributed by atoms with E-state index >= 15 is 0 Å². The smallest absolute Gasteiger partial charge is 0.0783 e. The highest BCUT2D eigenvalue weighted by molar-refractivity contribution is 8.04. The van der Waals surface area contributed by atoms with E-state index < -0.39 is 0 Å². The summed E-state index contributed by atoms with van der Waals surface area (Å²) in [6.45, 7) is 2.36. The first-order chi connectivity index (χ1) is 4.97. The fourth-order valence-electron chi connectivity index (χ4n) is 1.28. The summed E-state index contributed by atoms with van der Waals surface area (Å²) >= 11 is 4.11. The summed E-state index contributed by atoms with van der Waals surface area (Å²) in [6, 6.07) is 0. The number of hydrogen-bond donors (Lipinski definition) is 2. The molecule has 2 aliphatic rings. The Bertz CT molecular complexity index is 94.3. The predicted molar refractivity (Wildman–Crippen MR) is 48.5 cm³/mol. The van der Waals surface area contributed by atoms with E-state index in [1.165, 1.54) is 24.6 Å². The van der Waals surface area contributed by atoms with E-state index in [4.69, 9.17) is 0 Å². The number of thioether (sulfide) groups is 2. The number of nitrogens with one attached hydrogen (secondary N) is 2. The van der Waals surface area contributed by atoms with E-state index in [0.717, 1.165) is 0 Å². The Balaban J connectivity index is 1.93. The molecule has 2 unspecified atom stereocenters. The van der Waals surface area contributed by atoms with Gasteiger partial charge in [0, 0.05) is 24.6 Å². The molecule has 2 saturated heterocycles. The Morgan fingerprint density at radius 3 is 1.90 bits per heavy atom. The Labute approximate surface area is 69.9 Å². The summed E-state index contributed by atoms with van der Waals surface area (Å²) < 4.78 is 0. The molecule has 0 spiro atoms. The van der Waals surface area contributed by atoms with Crippen molar-refractivity contribution in [2.24, 2.45) is 0 Å². The molecule has 0 aromatic carbocycles. The standard InChI is InChI=1S/C6H12N2S2/c1-3-9-6-5(7-1)10-4-2-8-6/h5-8H,1-4H2. The Kier molecular flexibility index (Phi) is 2.43. The zero-order valence-electron chi connectivity index (χ0n) is 5.80. The predicted octanol–water partition coefficient (Wildman–Crippen LogP) is 0.311. The lowest BCUT2D eigenvalue weighted by molar-refractivity contribution is 0.546. The molecule has 0 aromatic rings. The van der Waals surface area contributed by atoms with Gasteiger partial charge in [0.2, 0.25) is 0 Å². The van der Waals surface area contributed by atoms with Crippen molar-refractivity contribution in [3.63, 3.8) is 0 Å². The number of hydrogen-bond acceptors (Lipinski definition) is 4. The summed E-state index contributed by atoms with van der Waals surface area (Å²) in [5, 5.41) is 8.35. The van der Waals surface area contributed by atoms with Crippen LogP contribution in [0.15, 0.2) is 0 Å². The molecule has 2 N–H and O–H groups in total. The summed E-state index contributed by atoms with van der Waals surface area (Å²) in [5.74, 6) is 2.52. The largest absolute Gasteiger partial charge is 0.303 e. The molecule has 0 aliphatic carbocycles. The van der Waals surface area contributed by atoms with Crippen molar-refractivity contribution in [1.82, 2.24) is 10.6 Å². The van der Waals surface area contributed by atoms with Crippen LogP contribution in [0.5, 0.6) is 0 Å². The fourth-order valence-corrected chi connectivity index (χ4v) is 3.74. The van der Waals surface area contributed by atoms with Gasteiger partial charge in [0.1, 0.15) is 0 Å². The topological polar surface area (TPSA) is 24.1 Å². The van der Waals surface area contributed by atoms with Gasteiger partial charge in [-0.2, -0.15) is 0 Å². The van der Waals surface area contributed by atoms with Crippen LogP contribution >= 0.6 is 23.5 Å².